The topological polar surface area (TPSA) is 63.2 Å². The zero-order chi connectivity index (χ0) is 15.9. The van der Waals surface area contributed by atoms with Gasteiger partial charge in [-0.1, -0.05) is 6.92 Å². The lowest BCUT2D eigenvalue weighted by molar-refractivity contribution is 0.102. The molecule has 0 radical (unpaired) electrons. The van der Waals surface area contributed by atoms with Gasteiger partial charge in [0.1, 0.15) is 5.75 Å². The Kier molecular flexibility index (Phi) is 5.36. The van der Waals surface area contributed by atoms with Gasteiger partial charge < -0.3 is 15.4 Å². The summed E-state index contributed by atoms with van der Waals surface area (Å²) in [6.45, 7) is 4.19. The van der Waals surface area contributed by atoms with Gasteiger partial charge in [0, 0.05) is 24.1 Å². The standard InChI is InChI=1S/C17H21N3O2/c1-4-12(2)19-15-9-13(10-18-11-15)17(21)20-14-5-7-16(22-3)8-6-14/h5-12,19H,4H2,1-3H3,(H,20,21). The fraction of sp³-hybridized carbons (Fsp3) is 0.294. The first-order chi connectivity index (χ1) is 10.6. The van der Waals surface area contributed by atoms with Crippen LogP contribution in [-0.2, 0) is 0 Å². The van der Waals surface area contributed by atoms with E-state index in [-0.39, 0.29) is 5.91 Å². The molecule has 5 nitrogen and oxygen atoms in total. The molecule has 1 amide bonds. The highest BCUT2D eigenvalue weighted by atomic mass is 16.5. The van der Waals surface area contributed by atoms with Gasteiger partial charge in [-0.05, 0) is 43.7 Å². The lowest BCUT2D eigenvalue weighted by Crippen LogP contribution is -2.16. The lowest BCUT2D eigenvalue weighted by atomic mass is 10.2. The molecule has 2 N–H and O–H groups in total. The van der Waals surface area contributed by atoms with E-state index in [1.165, 1.54) is 0 Å². The van der Waals surface area contributed by atoms with Crippen molar-refractivity contribution >= 4 is 17.3 Å². The molecule has 0 bridgehead atoms. The number of methoxy groups -OCH3 is 1. The highest BCUT2D eigenvalue weighted by Gasteiger charge is 2.08. The number of anilines is 2. The van der Waals surface area contributed by atoms with Crippen LogP contribution in [0.4, 0.5) is 11.4 Å². The van der Waals surface area contributed by atoms with E-state index in [9.17, 15) is 4.79 Å². The average molecular weight is 299 g/mol. The zero-order valence-electron chi connectivity index (χ0n) is 13.1. The van der Waals surface area contributed by atoms with Crippen LogP contribution in [0.15, 0.2) is 42.7 Å². The van der Waals surface area contributed by atoms with Gasteiger partial charge in [0.15, 0.2) is 0 Å². The molecule has 0 spiro atoms. The van der Waals surface area contributed by atoms with Crippen LogP contribution in [0.5, 0.6) is 5.75 Å². The molecule has 1 heterocycles. The first-order valence-corrected chi connectivity index (χ1v) is 7.29. The van der Waals surface area contributed by atoms with Gasteiger partial charge in [0.25, 0.3) is 5.91 Å². The number of amides is 1. The van der Waals surface area contributed by atoms with Crippen molar-refractivity contribution in [1.82, 2.24) is 4.98 Å². The molecular weight excluding hydrogens is 278 g/mol. The van der Waals surface area contributed by atoms with Crippen LogP contribution in [0.1, 0.15) is 30.6 Å². The number of ether oxygens (including phenoxy) is 1. The van der Waals surface area contributed by atoms with Crippen molar-refractivity contribution in [3.05, 3.63) is 48.3 Å². The molecule has 5 heteroatoms. The van der Waals surface area contributed by atoms with Crippen molar-refractivity contribution in [2.24, 2.45) is 0 Å². The van der Waals surface area contributed by atoms with E-state index in [0.717, 1.165) is 17.9 Å². The van der Waals surface area contributed by atoms with Gasteiger partial charge in [0.2, 0.25) is 0 Å². The second kappa shape index (κ2) is 7.45. The number of rotatable bonds is 6. The van der Waals surface area contributed by atoms with Gasteiger partial charge in [-0.25, -0.2) is 0 Å². The summed E-state index contributed by atoms with van der Waals surface area (Å²) < 4.78 is 5.09. The Hall–Kier alpha value is -2.56. The summed E-state index contributed by atoms with van der Waals surface area (Å²) in [7, 11) is 1.61. The molecule has 0 aliphatic heterocycles. The highest BCUT2D eigenvalue weighted by molar-refractivity contribution is 6.04. The number of carbonyl (C=O) groups excluding carboxylic acids is 1. The minimum atomic E-state index is -0.189. The average Bonchev–Trinajstić information content (AvgIpc) is 2.55. The van der Waals surface area contributed by atoms with Crippen LogP contribution in [0, 0.1) is 0 Å². The van der Waals surface area contributed by atoms with Crippen molar-refractivity contribution in [3.63, 3.8) is 0 Å². The molecule has 0 aliphatic rings. The van der Waals surface area contributed by atoms with E-state index in [4.69, 9.17) is 4.74 Å². The van der Waals surface area contributed by atoms with E-state index < -0.39 is 0 Å². The third kappa shape index (κ3) is 4.22. The first-order valence-electron chi connectivity index (χ1n) is 7.29. The number of carbonyl (C=O) groups is 1. The Bertz CT molecular complexity index is 626. The molecule has 0 saturated heterocycles. The summed E-state index contributed by atoms with van der Waals surface area (Å²) in [6.07, 6.45) is 4.28. The number of aromatic nitrogens is 1. The second-order valence-corrected chi connectivity index (χ2v) is 5.10. The Balaban J connectivity index is 2.06. The highest BCUT2D eigenvalue weighted by Crippen LogP contribution is 2.17. The maximum absolute atomic E-state index is 12.3. The monoisotopic (exact) mass is 299 g/mol. The third-order valence-corrected chi connectivity index (χ3v) is 3.37. The van der Waals surface area contributed by atoms with E-state index in [0.29, 0.717) is 17.3 Å². The molecule has 22 heavy (non-hydrogen) atoms. The molecule has 2 rings (SSSR count). The number of pyridine rings is 1. The van der Waals surface area contributed by atoms with E-state index in [2.05, 4.69) is 29.5 Å². The number of nitrogens with zero attached hydrogens (tertiary/aromatic N) is 1. The Morgan fingerprint density at radius 1 is 1.23 bits per heavy atom. The van der Waals surface area contributed by atoms with Gasteiger partial charge >= 0.3 is 0 Å². The fourth-order valence-corrected chi connectivity index (χ4v) is 1.91. The second-order valence-electron chi connectivity index (χ2n) is 5.10. The molecule has 116 valence electrons. The van der Waals surface area contributed by atoms with Gasteiger partial charge in [-0.2, -0.15) is 0 Å². The summed E-state index contributed by atoms with van der Waals surface area (Å²) in [4.78, 5) is 16.4. The van der Waals surface area contributed by atoms with Crippen molar-refractivity contribution in [1.29, 1.82) is 0 Å². The molecule has 0 fully saturated rings. The van der Waals surface area contributed by atoms with Crippen LogP contribution in [0.3, 0.4) is 0 Å². The molecule has 2 aromatic rings. The Morgan fingerprint density at radius 2 is 1.95 bits per heavy atom. The molecule has 0 aliphatic carbocycles. The normalized spacial score (nSPS) is 11.6. The molecule has 1 aromatic carbocycles. The summed E-state index contributed by atoms with van der Waals surface area (Å²) in [6, 6.07) is 9.33. The van der Waals surface area contributed by atoms with Crippen molar-refractivity contribution in [2.45, 2.75) is 26.3 Å². The predicted octanol–water partition coefficient (Wildman–Crippen LogP) is 3.55. The predicted molar refractivity (Wildman–Crippen MR) is 88.6 cm³/mol. The summed E-state index contributed by atoms with van der Waals surface area (Å²) in [5, 5.41) is 6.15. The Morgan fingerprint density at radius 3 is 2.59 bits per heavy atom. The molecule has 1 unspecified atom stereocenters. The Labute approximate surface area is 130 Å². The summed E-state index contributed by atoms with van der Waals surface area (Å²) in [5.41, 5.74) is 2.08. The van der Waals surface area contributed by atoms with Crippen LogP contribution in [0.2, 0.25) is 0 Å². The van der Waals surface area contributed by atoms with E-state index in [1.807, 2.05) is 0 Å². The number of hydrogen-bond acceptors (Lipinski definition) is 4. The van der Waals surface area contributed by atoms with E-state index >= 15 is 0 Å². The largest absolute Gasteiger partial charge is 0.497 e. The van der Waals surface area contributed by atoms with Crippen LogP contribution in [-0.4, -0.2) is 24.0 Å². The molecule has 0 saturated carbocycles. The SMILES string of the molecule is CCC(C)Nc1cncc(C(=O)Nc2ccc(OC)cc2)c1. The first kappa shape index (κ1) is 15.8. The quantitative estimate of drug-likeness (QED) is 0.856. The maximum Gasteiger partial charge on any atom is 0.257 e. The number of nitrogens with one attached hydrogen (secondary N) is 2. The minimum Gasteiger partial charge on any atom is -0.497 e. The third-order valence-electron chi connectivity index (χ3n) is 3.37. The molecule has 1 atom stereocenters. The van der Waals surface area contributed by atoms with Crippen LogP contribution < -0.4 is 15.4 Å². The van der Waals surface area contributed by atoms with Crippen molar-refractivity contribution in [3.8, 4) is 5.75 Å². The van der Waals surface area contributed by atoms with Gasteiger partial charge in [-0.3, -0.25) is 9.78 Å². The minimum absolute atomic E-state index is 0.189. The van der Waals surface area contributed by atoms with Crippen molar-refractivity contribution in [2.75, 3.05) is 17.7 Å². The van der Waals surface area contributed by atoms with Crippen LogP contribution >= 0.6 is 0 Å². The number of benzene rings is 1. The maximum atomic E-state index is 12.3. The summed E-state index contributed by atoms with van der Waals surface area (Å²) >= 11 is 0. The zero-order valence-corrected chi connectivity index (χ0v) is 13.1. The molecular formula is C17H21N3O2. The number of hydrogen-bond donors (Lipinski definition) is 2. The van der Waals surface area contributed by atoms with E-state index in [1.54, 1.807) is 49.8 Å². The lowest BCUT2D eigenvalue weighted by Gasteiger charge is -2.13. The summed E-state index contributed by atoms with van der Waals surface area (Å²) in [5.74, 6) is 0.560. The fourth-order valence-electron chi connectivity index (χ4n) is 1.91. The van der Waals surface area contributed by atoms with Crippen LogP contribution in [0.25, 0.3) is 0 Å². The van der Waals surface area contributed by atoms with Gasteiger partial charge in [-0.15, -0.1) is 0 Å². The van der Waals surface area contributed by atoms with Crippen molar-refractivity contribution < 1.29 is 9.53 Å². The smallest absolute Gasteiger partial charge is 0.257 e. The van der Waals surface area contributed by atoms with Gasteiger partial charge in [0.05, 0.1) is 18.4 Å². The molecule has 1 aromatic heterocycles.